The van der Waals surface area contributed by atoms with Crippen molar-refractivity contribution in [3.63, 3.8) is 0 Å². The van der Waals surface area contributed by atoms with E-state index < -0.39 is 0 Å². The average molecular weight is 577 g/mol. The van der Waals surface area contributed by atoms with Crippen LogP contribution in [-0.4, -0.2) is 22.7 Å². The molecule has 2 amide bonds. The molecule has 0 unspecified atom stereocenters. The smallest absolute Gasteiger partial charge is 0.293 e. The van der Waals surface area contributed by atoms with Crippen LogP contribution in [-0.2, 0) is 17.9 Å². The first-order valence-corrected chi connectivity index (χ1v) is 12.7. The second kappa shape index (κ2) is 11.3. The predicted molar refractivity (Wildman–Crippen MR) is 139 cm³/mol. The lowest BCUT2D eigenvalue weighted by Gasteiger charge is -2.15. The molecule has 3 aromatic carbocycles. The van der Waals surface area contributed by atoms with Crippen LogP contribution >= 0.6 is 39.3 Å². The molecule has 0 N–H and O–H groups in total. The third-order valence-electron chi connectivity index (χ3n) is 5.06. The number of carbonyl (C=O) groups is 2. The van der Waals surface area contributed by atoms with Gasteiger partial charge in [-0.05, 0) is 82.2 Å². The number of benzene rings is 3. The normalized spacial score (nSPS) is 14.6. The van der Waals surface area contributed by atoms with Crippen LogP contribution in [0.5, 0.6) is 11.5 Å². The standard InChI is InChI=1S/C26H20BrClFNO4S/c1-2-33-22-12-17(11-20(27)24(22)34-15-18-7-3-4-9-21(18)29)13-23-25(31)30(26(32)35-23)14-16-6-5-8-19(28)10-16/h3-13H,2,14-15H2,1H3/b23-13-. The quantitative estimate of drug-likeness (QED) is 0.261. The maximum Gasteiger partial charge on any atom is 0.293 e. The molecule has 1 heterocycles. The molecule has 0 radical (unpaired) electrons. The Bertz CT molecular complexity index is 1320. The molecule has 1 fully saturated rings. The van der Waals surface area contributed by atoms with Gasteiger partial charge in [0.15, 0.2) is 11.5 Å². The molecular formula is C26H20BrClFNO4S. The minimum absolute atomic E-state index is 0.0209. The van der Waals surface area contributed by atoms with Crippen LogP contribution in [0, 0.1) is 5.82 Å². The van der Waals surface area contributed by atoms with Crippen molar-refractivity contribution >= 4 is 56.5 Å². The number of nitrogens with zero attached hydrogens (tertiary/aromatic N) is 1. The van der Waals surface area contributed by atoms with Gasteiger partial charge in [-0.3, -0.25) is 14.5 Å². The third-order valence-corrected chi connectivity index (χ3v) is 6.79. The first kappa shape index (κ1) is 25.3. The molecule has 0 saturated carbocycles. The summed E-state index contributed by atoms with van der Waals surface area (Å²) in [6.07, 6.45) is 1.64. The molecular weight excluding hydrogens is 557 g/mol. The van der Waals surface area contributed by atoms with Crippen LogP contribution in [0.15, 0.2) is 70.0 Å². The number of amides is 2. The van der Waals surface area contributed by atoms with Gasteiger partial charge in [-0.1, -0.05) is 41.9 Å². The molecule has 0 aromatic heterocycles. The van der Waals surface area contributed by atoms with Gasteiger partial charge in [0, 0.05) is 10.6 Å². The summed E-state index contributed by atoms with van der Waals surface area (Å²) in [5, 5.41) is 0.186. The summed E-state index contributed by atoms with van der Waals surface area (Å²) in [6.45, 7) is 2.37. The van der Waals surface area contributed by atoms with Gasteiger partial charge in [-0.2, -0.15) is 0 Å². The van der Waals surface area contributed by atoms with Crippen molar-refractivity contribution in [3.8, 4) is 11.5 Å². The number of ether oxygens (including phenoxy) is 2. The monoisotopic (exact) mass is 575 g/mol. The van der Waals surface area contributed by atoms with Crippen LogP contribution in [0.2, 0.25) is 5.02 Å². The summed E-state index contributed by atoms with van der Waals surface area (Å²) in [7, 11) is 0. The van der Waals surface area contributed by atoms with E-state index in [0.29, 0.717) is 43.6 Å². The van der Waals surface area contributed by atoms with Gasteiger partial charge in [-0.25, -0.2) is 4.39 Å². The molecule has 1 aliphatic heterocycles. The highest BCUT2D eigenvalue weighted by atomic mass is 79.9. The van der Waals surface area contributed by atoms with Crippen LogP contribution < -0.4 is 9.47 Å². The molecule has 0 bridgehead atoms. The Morgan fingerprint density at radius 1 is 1.09 bits per heavy atom. The van der Waals surface area contributed by atoms with E-state index in [9.17, 15) is 14.0 Å². The summed E-state index contributed by atoms with van der Waals surface area (Å²) in [5.41, 5.74) is 1.82. The van der Waals surface area contributed by atoms with E-state index in [1.165, 1.54) is 11.0 Å². The Morgan fingerprint density at radius 3 is 2.63 bits per heavy atom. The Hall–Kier alpha value is -2.81. The first-order valence-electron chi connectivity index (χ1n) is 10.7. The molecule has 0 spiro atoms. The highest BCUT2D eigenvalue weighted by Crippen LogP contribution is 2.40. The van der Waals surface area contributed by atoms with Gasteiger partial charge >= 0.3 is 0 Å². The second-order valence-electron chi connectivity index (χ2n) is 7.54. The molecule has 180 valence electrons. The fourth-order valence-electron chi connectivity index (χ4n) is 3.45. The fraction of sp³-hybridized carbons (Fsp3) is 0.154. The maximum atomic E-state index is 14.0. The van der Waals surface area contributed by atoms with E-state index in [4.69, 9.17) is 21.1 Å². The highest BCUT2D eigenvalue weighted by Gasteiger charge is 2.35. The van der Waals surface area contributed by atoms with Crippen LogP contribution in [0.25, 0.3) is 6.08 Å². The average Bonchev–Trinajstić information content (AvgIpc) is 3.07. The highest BCUT2D eigenvalue weighted by molar-refractivity contribution is 9.10. The molecule has 35 heavy (non-hydrogen) atoms. The zero-order chi connectivity index (χ0) is 24.9. The molecule has 5 nitrogen and oxygen atoms in total. The van der Waals surface area contributed by atoms with Gasteiger partial charge < -0.3 is 9.47 Å². The van der Waals surface area contributed by atoms with Crippen molar-refractivity contribution in [2.24, 2.45) is 0 Å². The van der Waals surface area contributed by atoms with E-state index in [0.717, 1.165) is 17.3 Å². The topological polar surface area (TPSA) is 55.8 Å². The summed E-state index contributed by atoms with van der Waals surface area (Å²) >= 11 is 10.4. The Morgan fingerprint density at radius 2 is 1.89 bits per heavy atom. The van der Waals surface area contributed by atoms with Crippen molar-refractivity contribution in [1.29, 1.82) is 0 Å². The molecule has 1 aliphatic rings. The SMILES string of the molecule is CCOc1cc(/C=C2\SC(=O)N(Cc3cccc(Cl)c3)C2=O)cc(Br)c1OCc1ccccc1F. The minimum Gasteiger partial charge on any atom is -0.490 e. The Labute approximate surface area is 220 Å². The number of halogens is 3. The number of hydrogen-bond acceptors (Lipinski definition) is 5. The lowest BCUT2D eigenvalue weighted by molar-refractivity contribution is -0.123. The van der Waals surface area contributed by atoms with Crippen molar-refractivity contribution in [2.45, 2.75) is 20.1 Å². The molecule has 9 heteroatoms. The fourth-order valence-corrected chi connectivity index (χ4v) is 5.07. The number of rotatable bonds is 8. The van der Waals surface area contributed by atoms with Gasteiger partial charge in [-0.15, -0.1) is 0 Å². The zero-order valence-corrected chi connectivity index (χ0v) is 21.8. The number of imide groups is 1. The molecule has 4 rings (SSSR count). The van der Waals surface area contributed by atoms with E-state index in [2.05, 4.69) is 15.9 Å². The predicted octanol–water partition coefficient (Wildman–Crippen LogP) is 7.46. The van der Waals surface area contributed by atoms with E-state index in [-0.39, 0.29) is 30.1 Å². The second-order valence-corrected chi connectivity index (χ2v) is 9.82. The van der Waals surface area contributed by atoms with Crippen molar-refractivity contribution < 1.29 is 23.5 Å². The third kappa shape index (κ3) is 6.07. The summed E-state index contributed by atoms with van der Waals surface area (Å²) in [4.78, 5) is 26.9. The number of thioether (sulfide) groups is 1. The Balaban J connectivity index is 1.56. The lowest BCUT2D eigenvalue weighted by Crippen LogP contribution is -2.27. The summed E-state index contributed by atoms with van der Waals surface area (Å²) in [6, 6.07) is 16.9. The first-order chi connectivity index (χ1) is 16.9. The lowest BCUT2D eigenvalue weighted by atomic mass is 10.1. The molecule has 0 aliphatic carbocycles. The van der Waals surface area contributed by atoms with Gasteiger partial charge in [0.05, 0.1) is 22.5 Å². The van der Waals surface area contributed by atoms with E-state index in [1.54, 1.807) is 54.6 Å². The molecule has 0 atom stereocenters. The van der Waals surface area contributed by atoms with Crippen LogP contribution in [0.4, 0.5) is 9.18 Å². The molecule has 1 saturated heterocycles. The van der Waals surface area contributed by atoms with Gasteiger partial charge in [0.2, 0.25) is 0 Å². The van der Waals surface area contributed by atoms with Crippen LogP contribution in [0.3, 0.4) is 0 Å². The Kier molecular flexibility index (Phi) is 8.15. The summed E-state index contributed by atoms with van der Waals surface area (Å²) in [5.74, 6) is 0.115. The van der Waals surface area contributed by atoms with E-state index in [1.807, 2.05) is 13.0 Å². The van der Waals surface area contributed by atoms with Crippen molar-refractivity contribution in [1.82, 2.24) is 4.90 Å². The summed E-state index contributed by atoms with van der Waals surface area (Å²) < 4.78 is 26.2. The molecule has 3 aromatic rings. The van der Waals surface area contributed by atoms with E-state index >= 15 is 0 Å². The van der Waals surface area contributed by atoms with Crippen molar-refractivity contribution in [3.05, 3.63) is 97.6 Å². The largest absolute Gasteiger partial charge is 0.490 e. The number of hydrogen-bond donors (Lipinski definition) is 0. The minimum atomic E-state index is -0.381. The van der Waals surface area contributed by atoms with Crippen molar-refractivity contribution in [2.75, 3.05) is 6.61 Å². The maximum absolute atomic E-state index is 14.0. The van der Waals surface area contributed by atoms with Gasteiger partial charge in [0.1, 0.15) is 12.4 Å². The number of carbonyl (C=O) groups excluding carboxylic acids is 2. The van der Waals surface area contributed by atoms with Gasteiger partial charge in [0.25, 0.3) is 11.1 Å². The van der Waals surface area contributed by atoms with Crippen LogP contribution in [0.1, 0.15) is 23.6 Å². The zero-order valence-electron chi connectivity index (χ0n) is 18.6.